The molecule has 2 N–H and O–H groups in total. The van der Waals surface area contributed by atoms with Crippen LogP contribution in [0.15, 0.2) is 54.6 Å². The van der Waals surface area contributed by atoms with Crippen LogP contribution in [0.5, 0.6) is 0 Å². The van der Waals surface area contributed by atoms with Crippen molar-refractivity contribution in [3.05, 3.63) is 70.7 Å². The smallest absolute Gasteiger partial charge is 0.253 e. The Bertz CT molecular complexity index is 890. The van der Waals surface area contributed by atoms with Crippen molar-refractivity contribution in [2.75, 3.05) is 0 Å². The molecule has 0 aromatic heterocycles. The number of hydrogen-bond donors (Lipinski definition) is 2. The molecule has 158 valence electrons. The molecule has 30 heavy (non-hydrogen) atoms. The van der Waals surface area contributed by atoms with E-state index in [0.717, 1.165) is 19.4 Å². The van der Waals surface area contributed by atoms with Crippen LogP contribution >= 0.6 is 11.6 Å². The molecule has 6 heteroatoms. The van der Waals surface area contributed by atoms with E-state index in [2.05, 4.69) is 39.8 Å². The lowest BCUT2D eigenvalue weighted by molar-refractivity contribution is -0.123. The van der Waals surface area contributed by atoms with Gasteiger partial charge >= 0.3 is 0 Å². The van der Waals surface area contributed by atoms with Crippen LogP contribution in [0.3, 0.4) is 0 Å². The minimum atomic E-state index is -0.617. The van der Waals surface area contributed by atoms with Crippen LogP contribution in [0.25, 0.3) is 0 Å². The van der Waals surface area contributed by atoms with Crippen LogP contribution in [-0.2, 0) is 11.3 Å². The summed E-state index contributed by atoms with van der Waals surface area (Å²) in [7, 11) is 0. The molecular weight excluding hydrogens is 398 g/mol. The first kappa shape index (κ1) is 20.9. The van der Waals surface area contributed by atoms with E-state index in [-0.39, 0.29) is 17.9 Å². The SMILES string of the molecule is CC(NC(=O)c1ccccc1Cl)C(=O)NC1CC2CCC(C1)N2Cc1ccccc1. The van der Waals surface area contributed by atoms with Gasteiger partial charge in [0.25, 0.3) is 5.91 Å². The van der Waals surface area contributed by atoms with Gasteiger partial charge in [-0.25, -0.2) is 0 Å². The van der Waals surface area contributed by atoms with Gasteiger partial charge in [-0.3, -0.25) is 14.5 Å². The topological polar surface area (TPSA) is 61.4 Å². The van der Waals surface area contributed by atoms with Gasteiger partial charge in [-0.1, -0.05) is 54.1 Å². The molecule has 2 aliphatic heterocycles. The molecule has 0 aliphatic carbocycles. The molecule has 4 rings (SSSR count). The fraction of sp³-hybridized carbons (Fsp3) is 0.417. The number of carbonyl (C=O) groups excluding carboxylic acids is 2. The van der Waals surface area contributed by atoms with Gasteiger partial charge in [0.1, 0.15) is 6.04 Å². The number of halogens is 1. The van der Waals surface area contributed by atoms with Gasteiger partial charge in [-0.05, 0) is 50.3 Å². The number of benzene rings is 2. The average Bonchev–Trinajstić information content (AvgIpc) is 2.96. The van der Waals surface area contributed by atoms with Gasteiger partial charge in [0.2, 0.25) is 5.91 Å². The minimum Gasteiger partial charge on any atom is -0.351 e. The van der Waals surface area contributed by atoms with Crippen molar-refractivity contribution in [2.45, 2.75) is 63.3 Å². The highest BCUT2D eigenvalue weighted by molar-refractivity contribution is 6.33. The van der Waals surface area contributed by atoms with E-state index in [0.29, 0.717) is 22.7 Å². The lowest BCUT2D eigenvalue weighted by atomic mass is 9.96. The summed E-state index contributed by atoms with van der Waals surface area (Å²) in [6.07, 6.45) is 4.28. The molecule has 0 saturated carbocycles. The van der Waals surface area contributed by atoms with E-state index in [4.69, 9.17) is 11.6 Å². The zero-order chi connectivity index (χ0) is 21.1. The summed E-state index contributed by atoms with van der Waals surface area (Å²) in [6, 6.07) is 18.0. The predicted molar refractivity (Wildman–Crippen MR) is 118 cm³/mol. The summed E-state index contributed by atoms with van der Waals surface area (Å²) >= 11 is 6.08. The van der Waals surface area contributed by atoms with Crippen LogP contribution in [-0.4, -0.2) is 40.9 Å². The summed E-state index contributed by atoms with van der Waals surface area (Å²) in [4.78, 5) is 27.7. The lowest BCUT2D eigenvalue weighted by Gasteiger charge is -2.39. The first-order chi connectivity index (χ1) is 14.5. The van der Waals surface area contributed by atoms with E-state index in [1.165, 1.54) is 18.4 Å². The Balaban J connectivity index is 1.30. The highest BCUT2D eigenvalue weighted by atomic mass is 35.5. The van der Waals surface area contributed by atoms with Crippen LogP contribution in [0, 0.1) is 0 Å². The summed E-state index contributed by atoms with van der Waals surface area (Å²) in [5, 5.41) is 6.30. The Morgan fingerprint density at radius 2 is 1.67 bits per heavy atom. The van der Waals surface area contributed by atoms with Gasteiger partial charge in [-0.15, -0.1) is 0 Å². The molecule has 2 saturated heterocycles. The Kier molecular flexibility index (Phi) is 6.40. The maximum Gasteiger partial charge on any atom is 0.253 e. The standard InChI is InChI=1S/C24H28ClN3O2/c1-16(26-24(30)21-9-5-6-10-22(21)25)23(29)27-18-13-19-11-12-20(14-18)28(19)15-17-7-3-2-4-8-17/h2-10,16,18-20H,11-15H2,1H3,(H,26,30)(H,27,29). The molecule has 0 spiro atoms. The van der Waals surface area contributed by atoms with Crippen molar-refractivity contribution in [3.8, 4) is 0 Å². The Labute approximate surface area is 182 Å². The number of hydrogen-bond acceptors (Lipinski definition) is 3. The van der Waals surface area contributed by atoms with Gasteiger partial charge in [-0.2, -0.15) is 0 Å². The zero-order valence-electron chi connectivity index (χ0n) is 17.2. The minimum absolute atomic E-state index is 0.142. The molecule has 2 amide bonds. The highest BCUT2D eigenvalue weighted by Gasteiger charge is 2.41. The largest absolute Gasteiger partial charge is 0.351 e. The molecule has 5 nitrogen and oxygen atoms in total. The van der Waals surface area contributed by atoms with Gasteiger partial charge in [0.15, 0.2) is 0 Å². The second-order valence-corrected chi connectivity index (χ2v) is 8.80. The third-order valence-electron chi connectivity index (χ3n) is 6.30. The van der Waals surface area contributed by atoms with E-state index in [1.54, 1.807) is 31.2 Å². The maximum atomic E-state index is 12.7. The van der Waals surface area contributed by atoms with Crippen molar-refractivity contribution in [1.29, 1.82) is 0 Å². The number of nitrogens with zero attached hydrogens (tertiary/aromatic N) is 1. The fourth-order valence-electron chi connectivity index (χ4n) is 4.76. The van der Waals surface area contributed by atoms with Crippen molar-refractivity contribution >= 4 is 23.4 Å². The van der Waals surface area contributed by atoms with Crippen LogP contribution in [0.1, 0.15) is 48.5 Å². The Morgan fingerprint density at radius 1 is 1.03 bits per heavy atom. The number of carbonyl (C=O) groups is 2. The second kappa shape index (κ2) is 9.19. The third-order valence-corrected chi connectivity index (χ3v) is 6.63. The maximum absolute atomic E-state index is 12.7. The summed E-state index contributed by atoms with van der Waals surface area (Å²) in [5.41, 5.74) is 1.72. The van der Waals surface area contributed by atoms with Crippen molar-refractivity contribution < 1.29 is 9.59 Å². The number of piperidine rings is 1. The highest BCUT2D eigenvalue weighted by Crippen LogP contribution is 2.36. The Hall–Kier alpha value is -2.37. The number of fused-ring (bicyclic) bond motifs is 2. The third kappa shape index (κ3) is 4.68. The van der Waals surface area contributed by atoms with Crippen molar-refractivity contribution in [1.82, 2.24) is 15.5 Å². The van der Waals surface area contributed by atoms with Crippen LogP contribution < -0.4 is 10.6 Å². The van der Waals surface area contributed by atoms with E-state index in [9.17, 15) is 9.59 Å². The number of amides is 2. The molecule has 2 aromatic carbocycles. The first-order valence-electron chi connectivity index (χ1n) is 10.7. The molecule has 2 aromatic rings. The van der Waals surface area contributed by atoms with Crippen molar-refractivity contribution in [3.63, 3.8) is 0 Å². The predicted octanol–water partition coefficient (Wildman–Crippen LogP) is 3.77. The van der Waals surface area contributed by atoms with Crippen LogP contribution in [0.2, 0.25) is 5.02 Å². The van der Waals surface area contributed by atoms with Gasteiger partial charge < -0.3 is 10.6 Å². The quantitative estimate of drug-likeness (QED) is 0.740. The number of rotatable bonds is 6. The fourth-order valence-corrected chi connectivity index (χ4v) is 4.98. The van der Waals surface area contributed by atoms with Gasteiger partial charge in [0, 0.05) is 24.7 Å². The van der Waals surface area contributed by atoms with Crippen molar-refractivity contribution in [2.24, 2.45) is 0 Å². The first-order valence-corrected chi connectivity index (χ1v) is 11.0. The summed E-state index contributed by atoms with van der Waals surface area (Å²) < 4.78 is 0. The second-order valence-electron chi connectivity index (χ2n) is 8.39. The monoisotopic (exact) mass is 425 g/mol. The molecule has 2 fully saturated rings. The average molecular weight is 426 g/mol. The molecule has 2 bridgehead atoms. The lowest BCUT2D eigenvalue weighted by Crippen LogP contribution is -2.53. The van der Waals surface area contributed by atoms with E-state index >= 15 is 0 Å². The zero-order valence-corrected chi connectivity index (χ0v) is 17.9. The van der Waals surface area contributed by atoms with E-state index in [1.807, 2.05) is 6.07 Å². The van der Waals surface area contributed by atoms with E-state index < -0.39 is 6.04 Å². The molecule has 3 unspecified atom stereocenters. The Morgan fingerprint density at radius 3 is 2.33 bits per heavy atom. The molecule has 2 aliphatic rings. The summed E-state index contributed by atoms with van der Waals surface area (Å²) in [6.45, 7) is 2.68. The molecule has 2 heterocycles. The normalized spacial score (nSPS) is 24.3. The molecule has 3 atom stereocenters. The van der Waals surface area contributed by atoms with Crippen LogP contribution in [0.4, 0.5) is 0 Å². The number of nitrogens with one attached hydrogen (secondary N) is 2. The molecule has 0 radical (unpaired) electrons. The molecular formula is C24H28ClN3O2. The summed E-state index contributed by atoms with van der Waals surface area (Å²) in [5.74, 6) is -0.475. The van der Waals surface area contributed by atoms with Gasteiger partial charge in [0.05, 0.1) is 10.6 Å².